The lowest BCUT2D eigenvalue weighted by Crippen LogP contribution is -2.16. The zero-order valence-corrected chi connectivity index (χ0v) is 7.67. The van der Waals surface area contributed by atoms with Crippen LogP contribution < -0.4 is 0 Å². The van der Waals surface area contributed by atoms with E-state index >= 15 is 0 Å². The highest BCUT2D eigenvalue weighted by Gasteiger charge is 2.10. The van der Waals surface area contributed by atoms with Gasteiger partial charge in [0.05, 0.1) is 6.10 Å². The number of ether oxygens (including phenoxy) is 1. The van der Waals surface area contributed by atoms with Crippen LogP contribution in [0.2, 0.25) is 0 Å². The van der Waals surface area contributed by atoms with E-state index in [-0.39, 0.29) is 12.6 Å². The van der Waals surface area contributed by atoms with Gasteiger partial charge in [-0.1, -0.05) is 19.8 Å². The number of esters is 1. The van der Waals surface area contributed by atoms with E-state index in [1.165, 1.54) is 0 Å². The van der Waals surface area contributed by atoms with Crippen molar-refractivity contribution < 1.29 is 9.53 Å². The number of hydrogen-bond donors (Lipinski definition) is 0. The van der Waals surface area contributed by atoms with Gasteiger partial charge < -0.3 is 9.58 Å². The molecule has 0 N–H and O–H groups in total. The molecule has 0 amide bonds. The molecule has 0 aromatic carbocycles. The number of rotatable bonds is 5. The van der Waals surface area contributed by atoms with Crippen LogP contribution in [-0.4, -0.2) is 18.6 Å². The summed E-state index contributed by atoms with van der Waals surface area (Å²) >= 11 is 0. The lowest BCUT2D eigenvalue weighted by molar-refractivity contribution is -0.146. The molecule has 1 unspecified atom stereocenters. The highest BCUT2D eigenvalue weighted by molar-refractivity contribution is 5.73. The highest BCUT2D eigenvalue weighted by Crippen LogP contribution is 2.03. The van der Waals surface area contributed by atoms with Crippen LogP contribution in [0.4, 0.5) is 0 Å². The molecule has 0 saturated carbocycles. The number of carbonyl (C=O) groups excluding carboxylic acids is 1. The third-order valence-corrected chi connectivity index (χ3v) is 1.50. The van der Waals surface area contributed by atoms with Gasteiger partial charge in [0.15, 0.2) is 0 Å². The average molecular weight is 169 g/mol. The molecular weight excluding hydrogens is 154 g/mol. The van der Waals surface area contributed by atoms with Gasteiger partial charge >= 0.3 is 12.5 Å². The molecule has 0 aliphatic rings. The van der Waals surface area contributed by atoms with Gasteiger partial charge in [-0.2, -0.15) is 0 Å². The molecule has 12 heavy (non-hydrogen) atoms. The zero-order chi connectivity index (χ0) is 9.40. The molecule has 0 saturated heterocycles. The van der Waals surface area contributed by atoms with E-state index in [0.29, 0.717) is 0 Å². The predicted octanol–water partition coefficient (Wildman–Crippen LogP) is 2.03. The van der Waals surface area contributed by atoms with E-state index in [1.54, 1.807) is 0 Å². The van der Waals surface area contributed by atoms with Crippen molar-refractivity contribution in [2.24, 2.45) is 0 Å². The molecule has 0 rings (SSSR count). The van der Waals surface area contributed by atoms with Crippen LogP contribution >= 0.6 is 0 Å². The zero-order valence-electron chi connectivity index (χ0n) is 7.67. The monoisotopic (exact) mass is 169 g/mol. The summed E-state index contributed by atoms with van der Waals surface area (Å²) in [5.74, 6) is -0.409. The molecule has 1 atom stereocenters. The number of unbranched alkanes of at least 4 members (excludes halogenated alkanes) is 1. The molecule has 0 heterocycles. The fraction of sp³-hybridized carbons (Fsp3) is 0.778. The summed E-state index contributed by atoms with van der Waals surface area (Å²) in [7, 11) is 0. The van der Waals surface area contributed by atoms with Gasteiger partial charge in [0.25, 0.3) is 0 Å². The Morgan fingerprint density at radius 2 is 2.33 bits per heavy atom. The third-order valence-electron chi connectivity index (χ3n) is 1.50. The van der Waals surface area contributed by atoms with Crippen LogP contribution in [0.3, 0.4) is 0 Å². The van der Waals surface area contributed by atoms with E-state index < -0.39 is 5.97 Å². The molecule has 0 aromatic rings. The van der Waals surface area contributed by atoms with E-state index in [9.17, 15) is 4.79 Å². The topological polar surface area (TPSA) is 30.7 Å². The lowest BCUT2D eigenvalue weighted by atomic mass is 10.2. The van der Waals surface area contributed by atoms with Gasteiger partial charge in [0.1, 0.15) is 0 Å². The Kier molecular flexibility index (Phi) is 6.08. The molecule has 0 spiro atoms. The normalized spacial score (nSPS) is 11.8. The Bertz CT molecular complexity index is 172. The summed E-state index contributed by atoms with van der Waals surface area (Å²) in [5.41, 5.74) is 0. The molecule has 0 aliphatic carbocycles. The van der Waals surface area contributed by atoms with E-state index in [1.807, 2.05) is 6.92 Å². The number of hydrogen-bond acceptors (Lipinski definition) is 2. The van der Waals surface area contributed by atoms with Crippen LogP contribution in [0, 0.1) is 6.57 Å². The minimum atomic E-state index is -0.409. The second-order valence-corrected chi connectivity index (χ2v) is 2.76. The highest BCUT2D eigenvalue weighted by atomic mass is 16.5. The first-order valence-corrected chi connectivity index (χ1v) is 4.23. The first-order valence-electron chi connectivity index (χ1n) is 4.23. The van der Waals surface area contributed by atoms with Gasteiger partial charge in [-0.3, -0.25) is 0 Å². The summed E-state index contributed by atoms with van der Waals surface area (Å²) in [5, 5.41) is 0. The summed E-state index contributed by atoms with van der Waals surface area (Å²) in [6, 6.07) is 0. The molecule has 68 valence electrons. The Balaban J connectivity index is 3.48. The van der Waals surface area contributed by atoms with Crippen molar-refractivity contribution in [1.29, 1.82) is 0 Å². The van der Waals surface area contributed by atoms with Crippen molar-refractivity contribution in [2.45, 2.75) is 39.2 Å². The Labute approximate surface area is 73.5 Å². The SMILES string of the molecule is [C-]#[N+]CC(=O)OC(C)CCCC. The maximum atomic E-state index is 10.8. The molecule has 0 radical (unpaired) electrons. The standard InChI is InChI=1S/C9H15NO2/c1-4-5-6-8(2)12-9(11)7-10-3/h8H,4-7H2,1-2H3. The van der Waals surface area contributed by atoms with Gasteiger partial charge in [0, 0.05) is 0 Å². The number of carbonyl (C=O) groups is 1. The van der Waals surface area contributed by atoms with Gasteiger partial charge in [-0.15, -0.1) is 0 Å². The average Bonchev–Trinajstić information content (AvgIpc) is 2.01. The van der Waals surface area contributed by atoms with Crippen LogP contribution in [-0.2, 0) is 9.53 Å². The largest absolute Gasteiger partial charge is 0.457 e. The summed E-state index contributed by atoms with van der Waals surface area (Å²) in [6.45, 7) is 10.2. The summed E-state index contributed by atoms with van der Waals surface area (Å²) in [6.07, 6.45) is 3.01. The summed E-state index contributed by atoms with van der Waals surface area (Å²) < 4.78 is 4.94. The molecule has 0 aromatic heterocycles. The van der Waals surface area contributed by atoms with Crippen molar-refractivity contribution >= 4 is 5.97 Å². The fourth-order valence-electron chi connectivity index (χ4n) is 0.877. The quantitative estimate of drug-likeness (QED) is 0.465. The Morgan fingerprint density at radius 3 is 2.83 bits per heavy atom. The Morgan fingerprint density at radius 1 is 1.67 bits per heavy atom. The smallest absolute Gasteiger partial charge is 0.387 e. The third kappa shape index (κ3) is 5.72. The van der Waals surface area contributed by atoms with Crippen LogP contribution in [0.25, 0.3) is 4.85 Å². The van der Waals surface area contributed by atoms with Crippen molar-refractivity contribution in [3.05, 3.63) is 11.4 Å². The predicted molar refractivity (Wildman–Crippen MR) is 46.5 cm³/mol. The lowest BCUT2D eigenvalue weighted by Gasteiger charge is -2.09. The molecule has 3 heteroatoms. The number of nitrogens with zero attached hydrogens (tertiary/aromatic N) is 1. The van der Waals surface area contributed by atoms with Crippen LogP contribution in [0.15, 0.2) is 0 Å². The second-order valence-electron chi connectivity index (χ2n) is 2.76. The minimum absolute atomic E-state index is 0.0424. The molecule has 0 aliphatic heterocycles. The first-order chi connectivity index (χ1) is 5.70. The fourth-order valence-corrected chi connectivity index (χ4v) is 0.877. The van der Waals surface area contributed by atoms with E-state index in [4.69, 9.17) is 11.3 Å². The Hall–Kier alpha value is -1.04. The van der Waals surface area contributed by atoms with Gasteiger partial charge in [-0.25, -0.2) is 11.4 Å². The maximum absolute atomic E-state index is 10.8. The molecule has 0 bridgehead atoms. The maximum Gasteiger partial charge on any atom is 0.387 e. The molecule has 3 nitrogen and oxygen atoms in total. The second kappa shape index (κ2) is 6.66. The van der Waals surface area contributed by atoms with Gasteiger partial charge in [-0.05, 0) is 13.3 Å². The van der Waals surface area contributed by atoms with Gasteiger partial charge in [0.2, 0.25) is 0 Å². The van der Waals surface area contributed by atoms with Crippen LogP contribution in [0.1, 0.15) is 33.1 Å². The van der Waals surface area contributed by atoms with Crippen molar-refractivity contribution in [2.75, 3.05) is 6.54 Å². The summed E-state index contributed by atoms with van der Waals surface area (Å²) in [4.78, 5) is 13.7. The minimum Gasteiger partial charge on any atom is -0.457 e. The molecule has 0 fully saturated rings. The van der Waals surface area contributed by atoms with Crippen molar-refractivity contribution in [1.82, 2.24) is 0 Å². The van der Waals surface area contributed by atoms with Crippen molar-refractivity contribution in [3.63, 3.8) is 0 Å². The van der Waals surface area contributed by atoms with E-state index in [0.717, 1.165) is 19.3 Å². The van der Waals surface area contributed by atoms with Crippen molar-refractivity contribution in [3.8, 4) is 0 Å². The van der Waals surface area contributed by atoms with E-state index in [2.05, 4.69) is 11.8 Å². The first kappa shape index (κ1) is 11.0. The van der Waals surface area contributed by atoms with Crippen LogP contribution in [0.5, 0.6) is 0 Å². The molecular formula is C9H15NO2.